The van der Waals surface area contributed by atoms with Crippen LogP contribution in [0.5, 0.6) is 10.9 Å². The smallest absolute Gasteiger partial charge is 0.414 e. The van der Waals surface area contributed by atoms with Crippen LogP contribution < -0.4 is 9.64 Å². The lowest BCUT2D eigenvalue weighted by molar-refractivity contribution is 0.0582. The number of para-hydroxylation sites is 1. The van der Waals surface area contributed by atoms with E-state index in [4.69, 9.17) is 9.47 Å². The number of benzene rings is 2. The molecule has 5 nitrogen and oxygen atoms in total. The average molecular weight is 370 g/mol. The number of aromatic nitrogens is 1. The SMILES string of the molecule is CCN(C(=O)OC(C)(C)C)c1ccc(Oc2nc3ccccc3s2)cc1. The van der Waals surface area contributed by atoms with Crippen LogP contribution in [0.1, 0.15) is 27.7 Å². The molecule has 3 aromatic rings. The summed E-state index contributed by atoms with van der Waals surface area (Å²) in [7, 11) is 0. The van der Waals surface area contributed by atoms with Crippen molar-refractivity contribution in [2.75, 3.05) is 11.4 Å². The highest BCUT2D eigenvalue weighted by Crippen LogP contribution is 2.32. The minimum atomic E-state index is -0.527. The highest BCUT2D eigenvalue weighted by atomic mass is 32.1. The normalized spacial score (nSPS) is 11.4. The number of hydrogen-bond donors (Lipinski definition) is 0. The quantitative estimate of drug-likeness (QED) is 0.578. The van der Waals surface area contributed by atoms with Gasteiger partial charge in [-0.2, -0.15) is 0 Å². The highest BCUT2D eigenvalue weighted by Gasteiger charge is 2.22. The maximum absolute atomic E-state index is 12.3. The van der Waals surface area contributed by atoms with Gasteiger partial charge in [0, 0.05) is 12.2 Å². The summed E-state index contributed by atoms with van der Waals surface area (Å²) in [6, 6.07) is 15.3. The van der Waals surface area contributed by atoms with E-state index in [-0.39, 0.29) is 6.09 Å². The third-order valence-corrected chi connectivity index (χ3v) is 4.47. The number of carbonyl (C=O) groups excluding carboxylic acids is 1. The van der Waals surface area contributed by atoms with Crippen molar-refractivity contribution in [1.82, 2.24) is 4.98 Å². The Morgan fingerprint density at radius 2 is 1.81 bits per heavy atom. The van der Waals surface area contributed by atoms with E-state index in [1.807, 2.05) is 76.2 Å². The zero-order valence-corrected chi connectivity index (χ0v) is 16.2. The Kier molecular flexibility index (Phi) is 5.13. The molecule has 0 radical (unpaired) electrons. The number of hydrogen-bond acceptors (Lipinski definition) is 5. The summed E-state index contributed by atoms with van der Waals surface area (Å²) >= 11 is 1.50. The van der Waals surface area contributed by atoms with Crippen LogP contribution in [0.15, 0.2) is 48.5 Å². The second kappa shape index (κ2) is 7.33. The van der Waals surface area contributed by atoms with Gasteiger partial charge in [0.1, 0.15) is 11.4 Å². The van der Waals surface area contributed by atoms with Gasteiger partial charge in [-0.3, -0.25) is 4.90 Å². The van der Waals surface area contributed by atoms with Gasteiger partial charge in [-0.15, -0.1) is 0 Å². The van der Waals surface area contributed by atoms with Gasteiger partial charge in [-0.1, -0.05) is 23.5 Å². The molecule has 1 heterocycles. The van der Waals surface area contributed by atoms with E-state index >= 15 is 0 Å². The molecule has 0 aliphatic carbocycles. The van der Waals surface area contributed by atoms with Crippen molar-refractivity contribution in [3.8, 4) is 10.9 Å². The number of amides is 1. The van der Waals surface area contributed by atoms with Gasteiger partial charge in [-0.05, 0) is 64.1 Å². The second-order valence-corrected chi connectivity index (χ2v) is 7.76. The molecule has 0 unspecified atom stereocenters. The first-order chi connectivity index (χ1) is 12.4. The molecule has 3 rings (SSSR count). The molecule has 0 saturated carbocycles. The minimum absolute atomic E-state index is 0.361. The molecule has 0 bridgehead atoms. The molecule has 0 fully saturated rings. The number of carbonyl (C=O) groups is 1. The topological polar surface area (TPSA) is 51.7 Å². The van der Waals surface area contributed by atoms with Crippen molar-refractivity contribution >= 4 is 33.3 Å². The average Bonchev–Trinajstić information content (AvgIpc) is 2.97. The summed E-state index contributed by atoms with van der Waals surface area (Å²) in [5, 5.41) is 0.596. The standard InChI is InChI=1S/C20H22N2O3S/c1-5-22(19(23)25-20(2,3)4)14-10-12-15(13-11-14)24-18-21-16-8-6-7-9-17(16)26-18/h6-13H,5H2,1-4H3. The first-order valence-electron chi connectivity index (χ1n) is 8.50. The Hall–Kier alpha value is -2.60. The summed E-state index contributed by atoms with van der Waals surface area (Å²) < 4.78 is 12.4. The van der Waals surface area contributed by atoms with Crippen molar-refractivity contribution in [3.63, 3.8) is 0 Å². The fraction of sp³-hybridized carbons (Fsp3) is 0.300. The number of nitrogens with zero attached hydrogens (tertiary/aromatic N) is 2. The van der Waals surface area contributed by atoms with E-state index < -0.39 is 5.60 Å². The summed E-state index contributed by atoms with van der Waals surface area (Å²) in [6.07, 6.45) is -0.361. The Morgan fingerprint density at radius 3 is 2.42 bits per heavy atom. The monoisotopic (exact) mass is 370 g/mol. The predicted octanol–water partition coefficient (Wildman–Crippen LogP) is 5.85. The first kappa shape index (κ1) is 18.2. The Bertz CT molecular complexity index is 864. The summed E-state index contributed by atoms with van der Waals surface area (Å²) in [6.45, 7) is 8.00. The third-order valence-electron chi connectivity index (χ3n) is 3.56. The minimum Gasteiger partial charge on any atom is -0.443 e. The van der Waals surface area contributed by atoms with Crippen LogP contribution in [0.2, 0.25) is 0 Å². The molecule has 6 heteroatoms. The summed E-state index contributed by atoms with van der Waals surface area (Å²) in [5.74, 6) is 0.674. The molecule has 0 aliphatic heterocycles. The van der Waals surface area contributed by atoms with E-state index in [0.29, 0.717) is 17.5 Å². The molecule has 0 N–H and O–H groups in total. The number of anilines is 1. The summed E-state index contributed by atoms with van der Waals surface area (Å²) in [5.41, 5.74) is 1.16. The van der Waals surface area contributed by atoms with Crippen LogP contribution in [0.25, 0.3) is 10.2 Å². The number of fused-ring (bicyclic) bond motifs is 1. The van der Waals surface area contributed by atoms with Crippen LogP contribution >= 0.6 is 11.3 Å². The second-order valence-electron chi connectivity index (χ2n) is 6.77. The lowest BCUT2D eigenvalue weighted by Gasteiger charge is -2.26. The molecule has 26 heavy (non-hydrogen) atoms. The van der Waals surface area contributed by atoms with Gasteiger partial charge < -0.3 is 9.47 Å². The van der Waals surface area contributed by atoms with Crippen molar-refractivity contribution < 1.29 is 14.3 Å². The Morgan fingerprint density at radius 1 is 1.12 bits per heavy atom. The van der Waals surface area contributed by atoms with Gasteiger partial charge in [0.25, 0.3) is 5.19 Å². The molecule has 0 atom stereocenters. The van der Waals surface area contributed by atoms with Crippen molar-refractivity contribution in [2.45, 2.75) is 33.3 Å². The molecule has 1 amide bonds. The van der Waals surface area contributed by atoms with Crippen LogP contribution in [0.3, 0.4) is 0 Å². The molecule has 136 valence electrons. The maximum atomic E-state index is 12.3. The van der Waals surface area contributed by atoms with Crippen LogP contribution in [0, 0.1) is 0 Å². The molecule has 0 spiro atoms. The van der Waals surface area contributed by atoms with Gasteiger partial charge >= 0.3 is 6.09 Å². The number of thiazole rings is 1. The Balaban J connectivity index is 1.73. The fourth-order valence-electron chi connectivity index (χ4n) is 2.42. The van der Waals surface area contributed by atoms with E-state index in [1.165, 1.54) is 11.3 Å². The number of ether oxygens (including phenoxy) is 2. The van der Waals surface area contributed by atoms with E-state index in [0.717, 1.165) is 15.9 Å². The Labute approximate surface area is 157 Å². The maximum Gasteiger partial charge on any atom is 0.414 e. The fourth-order valence-corrected chi connectivity index (χ4v) is 3.26. The molecular weight excluding hydrogens is 348 g/mol. The van der Waals surface area contributed by atoms with Crippen LogP contribution in [0.4, 0.5) is 10.5 Å². The molecular formula is C20H22N2O3S. The largest absolute Gasteiger partial charge is 0.443 e. The van der Waals surface area contributed by atoms with Crippen LogP contribution in [-0.2, 0) is 4.74 Å². The lowest BCUT2D eigenvalue weighted by Crippen LogP contribution is -2.36. The zero-order chi connectivity index (χ0) is 18.7. The van der Waals surface area contributed by atoms with Crippen LogP contribution in [-0.4, -0.2) is 23.2 Å². The van der Waals surface area contributed by atoms with Crippen molar-refractivity contribution in [1.29, 1.82) is 0 Å². The third kappa shape index (κ3) is 4.32. The van der Waals surface area contributed by atoms with Gasteiger partial charge in [0.05, 0.1) is 10.2 Å². The molecule has 0 aliphatic rings. The molecule has 1 aromatic heterocycles. The van der Waals surface area contributed by atoms with Crippen molar-refractivity contribution in [2.24, 2.45) is 0 Å². The number of rotatable bonds is 4. The first-order valence-corrected chi connectivity index (χ1v) is 9.31. The van der Waals surface area contributed by atoms with E-state index in [9.17, 15) is 4.79 Å². The van der Waals surface area contributed by atoms with E-state index in [2.05, 4.69) is 4.98 Å². The predicted molar refractivity (Wildman–Crippen MR) is 105 cm³/mol. The highest BCUT2D eigenvalue weighted by molar-refractivity contribution is 7.20. The van der Waals surface area contributed by atoms with Crippen molar-refractivity contribution in [3.05, 3.63) is 48.5 Å². The zero-order valence-electron chi connectivity index (χ0n) is 15.4. The van der Waals surface area contributed by atoms with Gasteiger partial charge in [-0.25, -0.2) is 9.78 Å². The molecule has 0 saturated heterocycles. The summed E-state index contributed by atoms with van der Waals surface area (Å²) in [4.78, 5) is 18.4. The lowest BCUT2D eigenvalue weighted by atomic mass is 10.2. The van der Waals surface area contributed by atoms with Gasteiger partial charge in [0.2, 0.25) is 0 Å². The van der Waals surface area contributed by atoms with E-state index in [1.54, 1.807) is 4.90 Å². The van der Waals surface area contributed by atoms with Gasteiger partial charge in [0.15, 0.2) is 0 Å². The molecule has 2 aromatic carbocycles.